The molecule has 0 fully saturated rings. The summed E-state index contributed by atoms with van der Waals surface area (Å²) < 4.78 is 0.478. The second-order valence-corrected chi connectivity index (χ2v) is 3.87. The first-order valence-electron chi connectivity index (χ1n) is 4.00. The van der Waals surface area contributed by atoms with Crippen LogP contribution in [0, 0.1) is 0 Å². The molecule has 0 atom stereocenters. The van der Waals surface area contributed by atoms with Crippen molar-refractivity contribution in [2.45, 2.75) is 19.9 Å². The molecule has 1 aromatic rings. The summed E-state index contributed by atoms with van der Waals surface area (Å²) in [6.45, 7) is 4.07. The quantitative estimate of drug-likeness (QED) is 0.857. The Labute approximate surface area is 85.1 Å². The number of aromatic nitrogens is 2. The van der Waals surface area contributed by atoms with Gasteiger partial charge in [0.05, 0.1) is 6.33 Å². The molecule has 0 aliphatic carbocycles. The zero-order valence-electron chi connectivity index (χ0n) is 7.84. The van der Waals surface area contributed by atoms with Gasteiger partial charge in [-0.05, 0) is 29.8 Å². The Balaban J connectivity index is 3.15. The number of aromatic amines is 1. The number of anilines is 1. The van der Waals surface area contributed by atoms with E-state index in [-0.39, 0.29) is 5.56 Å². The Hall–Kier alpha value is -0.840. The third-order valence-electron chi connectivity index (χ3n) is 1.89. The van der Waals surface area contributed by atoms with E-state index in [9.17, 15) is 4.79 Å². The van der Waals surface area contributed by atoms with E-state index < -0.39 is 0 Å². The average Bonchev–Trinajstić information content (AvgIpc) is 2.08. The summed E-state index contributed by atoms with van der Waals surface area (Å²) in [7, 11) is 1.90. The number of halogens is 1. The lowest BCUT2D eigenvalue weighted by Crippen LogP contribution is -2.28. The van der Waals surface area contributed by atoms with Gasteiger partial charge in [-0.25, -0.2) is 4.98 Å². The van der Waals surface area contributed by atoms with Crippen LogP contribution in [-0.4, -0.2) is 23.1 Å². The molecule has 0 aliphatic rings. The first-order chi connectivity index (χ1) is 6.04. The van der Waals surface area contributed by atoms with Crippen molar-refractivity contribution in [3.05, 3.63) is 21.2 Å². The zero-order chi connectivity index (χ0) is 10.0. The van der Waals surface area contributed by atoms with Gasteiger partial charge in [-0.2, -0.15) is 0 Å². The van der Waals surface area contributed by atoms with Crippen LogP contribution in [0.1, 0.15) is 13.8 Å². The fraction of sp³-hybridized carbons (Fsp3) is 0.500. The molecule has 5 heteroatoms. The fourth-order valence-corrected chi connectivity index (χ4v) is 1.36. The summed E-state index contributed by atoms with van der Waals surface area (Å²) in [5.74, 6) is 0.666. The molecule has 0 aliphatic heterocycles. The predicted octanol–water partition coefficient (Wildman–Crippen LogP) is 1.38. The highest BCUT2D eigenvalue weighted by Gasteiger charge is 2.11. The summed E-state index contributed by atoms with van der Waals surface area (Å²) in [6, 6.07) is 0.311. The largest absolute Gasteiger partial charge is 0.356 e. The molecule has 1 heterocycles. The van der Waals surface area contributed by atoms with E-state index in [0.717, 1.165) is 0 Å². The second-order valence-electron chi connectivity index (χ2n) is 3.07. The first-order valence-corrected chi connectivity index (χ1v) is 4.79. The first kappa shape index (κ1) is 10.2. The molecule has 0 aromatic carbocycles. The van der Waals surface area contributed by atoms with Crippen LogP contribution in [0.3, 0.4) is 0 Å². The van der Waals surface area contributed by atoms with Crippen molar-refractivity contribution in [1.29, 1.82) is 0 Å². The third-order valence-corrected chi connectivity index (χ3v) is 2.60. The van der Waals surface area contributed by atoms with Crippen LogP contribution in [0.15, 0.2) is 15.6 Å². The van der Waals surface area contributed by atoms with Crippen LogP contribution in [-0.2, 0) is 0 Å². The Morgan fingerprint density at radius 3 is 2.77 bits per heavy atom. The van der Waals surface area contributed by atoms with Gasteiger partial charge in [0, 0.05) is 13.1 Å². The van der Waals surface area contributed by atoms with E-state index in [1.165, 1.54) is 6.33 Å². The molecule has 1 aromatic heterocycles. The number of nitrogens with one attached hydrogen (secondary N) is 1. The van der Waals surface area contributed by atoms with Crippen LogP contribution < -0.4 is 10.5 Å². The van der Waals surface area contributed by atoms with Crippen LogP contribution >= 0.6 is 15.9 Å². The van der Waals surface area contributed by atoms with E-state index in [0.29, 0.717) is 16.3 Å². The van der Waals surface area contributed by atoms with Crippen molar-refractivity contribution >= 4 is 21.7 Å². The summed E-state index contributed by atoms with van der Waals surface area (Å²) in [4.78, 5) is 19.7. The van der Waals surface area contributed by atoms with E-state index in [1.807, 2.05) is 25.8 Å². The molecule has 0 saturated heterocycles. The molecular formula is C8H12BrN3O. The Bertz CT molecular complexity index is 347. The predicted molar refractivity (Wildman–Crippen MR) is 56.1 cm³/mol. The van der Waals surface area contributed by atoms with E-state index >= 15 is 0 Å². The number of nitrogens with zero attached hydrogens (tertiary/aromatic N) is 2. The zero-order valence-corrected chi connectivity index (χ0v) is 9.42. The summed E-state index contributed by atoms with van der Waals surface area (Å²) >= 11 is 3.20. The van der Waals surface area contributed by atoms with Crippen molar-refractivity contribution in [3.63, 3.8) is 0 Å². The van der Waals surface area contributed by atoms with Crippen LogP contribution in [0.5, 0.6) is 0 Å². The van der Waals surface area contributed by atoms with Gasteiger partial charge in [-0.3, -0.25) is 4.79 Å². The lowest BCUT2D eigenvalue weighted by atomic mass is 10.3. The second kappa shape index (κ2) is 3.91. The van der Waals surface area contributed by atoms with E-state index in [1.54, 1.807) is 0 Å². The van der Waals surface area contributed by atoms with Gasteiger partial charge in [0.25, 0.3) is 5.56 Å². The van der Waals surface area contributed by atoms with Crippen LogP contribution in [0.25, 0.3) is 0 Å². The SMILES string of the molecule is CC(C)N(C)c1nc[nH]c(=O)c1Br. The third kappa shape index (κ3) is 2.09. The van der Waals surface area contributed by atoms with Gasteiger partial charge < -0.3 is 9.88 Å². The number of hydrogen-bond acceptors (Lipinski definition) is 3. The topological polar surface area (TPSA) is 49.0 Å². The number of H-pyrrole nitrogens is 1. The molecule has 0 radical (unpaired) electrons. The van der Waals surface area contributed by atoms with Crippen molar-refractivity contribution < 1.29 is 0 Å². The van der Waals surface area contributed by atoms with Crippen LogP contribution in [0.2, 0.25) is 0 Å². The molecule has 72 valence electrons. The average molecular weight is 246 g/mol. The normalized spacial score (nSPS) is 10.5. The van der Waals surface area contributed by atoms with E-state index in [4.69, 9.17) is 0 Å². The Kier molecular flexibility index (Phi) is 3.08. The fourth-order valence-electron chi connectivity index (χ4n) is 0.864. The van der Waals surface area contributed by atoms with Gasteiger partial charge in [0.1, 0.15) is 10.3 Å². The maximum Gasteiger partial charge on any atom is 0.267 e. The monoisotopic (exact) mass is 245 g/mol. The molecule has 13 heavy (non-hydrogen) atoms. The highest BCUT2D eigenvalue weighted by atomic mass is 79.9. The minimum Gasteiger partial charge on any atom is -0.356 e. The molecule has 0 spiro atoms. The van der Waals surface area contributed by atoms with Gasteiger partial charge in [0.2, 0.25) is 0 Å². The van der Waals surface area contributed by atoms with Crippen LogP contribution in [0.4, 0.5) is 5.82 Å². The standard InChI is InChI=1S/C8H12BrN3O/c1-5(2)12(3)7-6(9)8(13)11-4-10-7/h4-5H,1-3H3,(H,10,11,13). The molecule has 0 bridgehead atoms. The maximum atomic E-state index is 11.2. The minimum absolute atomic E-state index is 0.155. The highest BCUT2D eigenvalue weighted by Crippen LogP contribution is 2.18. The minimum atomic E-state index is -0.155. The highest BCUT2D eigenvalue weighted by molar-refractivity contribution is 9.10. The van der Waals surface area contributed by atoms with Crippen molar-refractivity contribution in [3.8, 4) is 0 Å². The maximum absolute atomic E-state index is 11.2. The number of rotatable bonds is 2. The molecule has 4 nitrogen and oxygen atoms in total. The summed E-state index contributed by atoms with van der Waals surface area (Å²) in [6.07, 6.45) is 1.40. The van der Waals surface area contributed by atoms with Gasteiger partial charge in [-0.15, -0.1) is 0 Å². The lowest BCUT2D eigenvalue weighted by Gasteiger charge is -2.22. The summed E-state index contributed by atoms with van der Waals surface area (Å²) in [5, 5.41) is 0. The molecule has 1 rings (SSSR count). The van der Waals surface area contributed by atoms with Crippen molar-refractivity contribution in [2.24, 2.45) is 0 Å². The van der Waals surface area contributed by atoms with Gasteiger partial charge in [0.15, 0.2) is 0 Å². The molecule has 0 amide bonds. The number of hydrogen-bond donors (Lipinski definition) is 1. The Morgan fingerprint density at radius 2 is 2.23 bits per heavy atom. The van der Waals surface area contributed by atoms with Gasteiger partial charge >= 0.3 is 0 Å². The van der Waals surface area contributed by atoms with Crippen molar-refractivity contribution in [1.82, 2.24) is 9.97 Å². The molecule has 0 saturated carbocycles. The smallest absolute Gasteiger partial charge is 0.267 e. The lowest BCUT2D eigenvalue weighted by molar-refractivity contribution is 0.738. The van der Waals surface area contributed by atoms with E-state index in [2.05, 4.69) is 25.9 Å². The van der Waals surface area contributed by atoms with Crippen molar-refractivity contribution in [2.75, 3.05) is 11.9 Å². The Morgan fingerprint density at radius 1 is 1.62 bits per heavy atom. The van der Waals surface area contributed by atoms with Gasteiger partial charge in [-0.1, -0.05) is 0 Å². The molecule has 1 N–H and O–H groups in total. The molecule has 0 unspecified atom stereocenters. The molecular weight excluding hydrogens is 234 g/mol. The summed E-state index contributed by atoms with van der Waals surface area (Å²) in [5.41, 5.74) is -0.155.